The average molecular weight is 310 g/mol. The van der Waals surface area contributed by atoms with Gasteiger partial charge in [0.05, 0.1) is 4.90 Å². The molecule has 0 atom stereocenters. The van der Waals surface area contributed by atoms with Gasteiger partial charge < -0.3 is 9.84 Å². The fourth-order valence-corrected chi connectivity index (χ4v) is 2.61. The van der Waals surface area contributed by atoms with E-state index in [2.05, 4.69) is 15.5 Å². The molecular weight excluding hydrogens is 292 g/mol. The van der Waals surface area contributed by atoms with E-state index in [0.29, 0.717) is 24.7 Å². The lowest BCUT2D eigenvalue weighted by atomic mass is 10.3. The van der Waals surface area contributed by atoms with E-state index in [9.17, 15) is 8.42 Å². The van der Waals surface area contributed by atoms with Crippen molar-refractivity contribution in [1.82, 2.24) is 14.4 Å². The molecular formula is C13H18N4O3S. The zero-order chi connectivity index (χ0) is 15.5. The summed E-state index contributed by atoms with van der Waals surface area (Å²) >= 11 is 0. The minimum absolute atomic E-state index is 0.269. The number of anilines is 1. The van der Waals surface area contributed by atoms with Gasteiger partial charge in [0.25, 0.3) is 0 Å². The maximum atomic E-state index is 11.9. The molecule has 0 bridgehead atoms. The summed E-state index contributed by atoms with van der Waals surface area (Å²) in [7, 11) is -0.366. The second-order valence-corrected chi connectivity index (χ2v) is 6.88. The standard InChI is InChI=1S/C13H18N4O3S/c1-10-15-13(20-16-10)8-9-14-11-4-6-12(7-5-11)21(18,19)17(2)3/h4-7,14H,8-9H2,1-3H3. The molecule has 8 heteroatoms. The van der Waals surface area contributed by atoms with Crippen molar-refractivity contribution in [2.75, 3.05) is 26.0 Å². The van der Waals surface area contributed by atoms with Crippen LogP contribution in [0.5, 0.6) is 0 Å². The Balaban J connectivity index is 1.94. The highest BCUT2D eigenvalue weighted by Gasteiger charge is 2.16. The van der Waals surface area contributed by atoms with Crippen LogP contribution in [0.1, 0.15) is 11.7 Å². The molecule has 0 saturated heterocycles. The molecule has 0 fully saturated rings. The molecule has 0 amide bonds. The summed E-state index contributed by atoms with van der Waals surface area (Å²) in [4.78, 5) is 4.37. The number of nitrogens with one attached hydrogen (secondary N) is 1. The molecule has 0 aliphatic heterocycles. The predicted octanol–water partition coefficient (Wildman–Crippen LogP) is 1.28. The average Bonchev–Trinajstić information content (AvgIpc) is 2.85. The van der Waals surface area contributed by atoms with E-state index in [1.165, 1.54) is 18.4 Å². The minimum atomic E-state index is -3.38. The molecule has 0 spiro atoms. The van der Waals surface area contributed by atoms with Crippen molar-refractivity contribution in [1.29, 1.82) is 0 Å². The highest BCUT2D eigenvalue weighted by atomic mass is 32.2. The molecule has 2 rings (SSSR count). The Morgan fingerprint density at radius 3 is 2.43 bits per heavy atom. The Labute approximate surface area is 124 Å². The topological polar surface area (TPSA) is 88.3 Å². The zero-order valence-electron chi connectivity index (χ0n) is 12.2. The van der Waals surface area contributed by atoms with Crippen LogP contribution < -0.4 is 5.32 Å². The molecule has 0 saturated carbocycles. The van der Waals surface area contributed by atoms with Crippen LogP contribution in [0.4, 0.5) is 5.69 Å². The lowest BCUT2D eigenvalue weighted by molar-refractivity contribution is 0.377. The SMILES string of the molecule is Cc1noc(CCNc2ccc(S(=O)(=O)N(C)C)cc2)n1. The number of aryl methyl sites for hydroxylation is 1. The summed E-state index contributed by atoms with van der Waals surface area (Å²) < 4.78 is 30.0. The smallest absolute Gasteiger partial charge is 0.242 e. The number of nitrogens with zero attached hydrogens (tertiary/aromatic N) is 3. The summed E-state index contributed by atoms with van der Waals surface area (Å²) in [5.74, 6) is 1.19. The van der Waals surface area contributed by atoms with Gasteiger partial charge in [-0.1, -0.05) is 5.16 Å². The number of rotatable bonds is 6. The fraction of sp³-hybridized carbons (Fsp3) is 0.385. The normalized spacial score (nSPS) is 11.8. The van der Waals surface area contributed by atoms with E-state index in [1.807, 2.05) is 0 Å². The van der Waals surface area contributed by atoms with Crippen LogP contribution in [-0.2, 0) is 16.4 Å². The van der Waals surface area contributed by atoms with E-state index < -0.39 is 10.0 Å². The summed E-state index contributed by atoms with van der Waals surface area (Å²) in [5, 5.41) is 6.89. The van der Waals surface area contributed by atoms with E-state index in [0.717, 1.165) is 5.69 Å². The summed E-state index contributed by atoms with van der Waals surface area (Å²) in [5.41, 5.74) is 0.837. The number of benzene rings is 1. The molecule has 2 aromatic rings. The molecule has 1 heterocycles. The van der Waals surface area contributed by atoms with Gasteiger partial charge in [0.15, 0.2) is 5.82 Å². The van der Waals surface area contributed by atoms with E-state index in [-0.39, 0.29) is 4.90 Å². The highest BCUT2D eigenvalue weighted by molar-refractivity contribution is 7.89. The first kappa shape index (κ1) is 15.5. The maximum absolute atomic E-state index is 11.9. The van der Waals surface area contributed by atoms with Gasteiger partial charge in [0.2, 0.25) is 15.9 Å². The van der Waals surface area contributed by atoms with Crippen LogP contribution >= 0.6 is 0 Å². The zero-order valence-corrected chi connectivity index (χ0v) is 13.0. The first-order valence-electron chi connectivity index (χ1n) is 6.45. The van der Waals surface area contributed by atoms with Gasteiger partial charge in [0.1, 0.15) is 0 Å². The van der Waals surface area contributed by atoms with Crippen molar-refractivity contribution in [3.63, 3.8) is 0 Å². The van der Waals surface area contributed by atoms with Crippen LogP contribution in [0.15, 0.2) is 33.7 Å². The third kappa shape index (κ3) is 3.79. The predicted molar refractivity (Wildman–Crippen MR) is 78.5 cm³/mol. The van der Waals surface area contributed by atoms with Crippen molar-refractivity contribution in [3.8, 4) is 0 Å². The Bertz CT molecular complexity index is 692. The van der Waals surface area contributed by atoms with Crippen molar-refractivity contribution in [2.24, 2.45) is 0 Å². The minimum Gasteiger partial charge on any atom is -0.385 e. The van der Waals surface area contributed by atoms with Crippen molar-refractivity contribution in [2.45, 2.75) is 18.2 Å². The Morgan fingerprint density at radius 1 is 1.24 bits per heavy atom. The van der Waals surface area contributed by atoms with Gasteiger partial charge in [-0.15, -0.1) is 0 Å². The lowest BCUT2D eigenvalue weighted by Crippen LogP contribution is -2.22. The van der Waals surface area contributed by atoms with Crippen LogP contribution in [0.3, 0.4) is 0 Å². The molecule has 0 aliphatic rings. The summed E-state index contributed by atoms with van der Waals surface area (Å²) in [6.45, 7) is 2.39. The third-order valence-corrected chi connectivity index (χ3v) is 4.70. The van der Waals surface area contributed by atoms with Crippen LogP contribution in [0.2, 0.25) is 0 Å². The lowest BCUT2D eigenvalue weighted by Gasteiger charge is -2.12. The van der Waals surface area contributed by atoms with Crippen molar-refractivity contribution in [3.05, 3.63) is 36.0 Å². The van der Waals surface area contributed by atoms with E-state index in [1.54, 1.807) is 31.2 Å². The van der Waals surface area contributed by atoms with Gasteiger partial charge in [-0.2, -0.15) is 4.98 Å². The number of hydrogen-bond acceptors (Lipinski definition) is 6. The first-order chi connectivity index (χ1) is 9.89. The largest absolute Gasteiger partial charge is 0.385 e. The van der Waals surface area contributed by atoms with Gasteiger partial charge >= 0.3 is 0 Å². The molecule has 21 heavy (non-hydrogen) atoms. The Morgan fingerprint density at radius 2 is 1.90 bits per heavy atom. The molecule has 1 aromatic heterocycles. The number of aromatic nitrogens is 2. The molecule has 7 nitrogen and oxygen atoms in total. The van der Waals surface area contributed by atoms with Crippen LogP contribution in [0.25, 0.3) is 0 Å². The maximum Gasteiger partial charge on any atom is 0.242 e. The Kier molecular flexibility index (Phi) is 4.59. The number of hydrogen-bond donors (Lipinski definition) is 1. The van der Waals surface area contributed by atoms with Gasteiger partial charge in [-0.3, -0.25) is 0 Å². The molecule has 0 unspecified atom stereocenters. The van der Waals surface area contributed by atoms with E-state index in [4.69, 9.17) is 4.52 Å². The molecule has 1 aromatic carbocycles. The van der Waals surface area contributed by atoms with Crippen molar-refractivity contribution >= 4 is 15.7 Å². The fourth-order valence-electron chi connectivity index (χ4n) is 1.71. The summed E-state index contributed by atoms with van der Waals surface area (Å²) in [6.07, 6.45) is 0.610. The second kappa shape index (κ2) is 6.23. The summed E-state index contributed by atoms with van der Waals surface area (Å²) in [6, 6.07) is 6.62. The quantitative estimate of drug-likeness (QED) is 0.864. The van der Waals surface area contributed by atoms with Gasteiger partial charge in [0, 0.05) is 32.7 Å². The molecule has 0 radical (unpaired) electrons. The highest BCUT2D eigenvalue weighted by Crippen LogP contribution is 2.16. The molecule has 114 valence electrons. The third-order valence-electron chi connectivity index (χ3n) is 2.87. The molecule has 1 N–H and O–H groups in total. The van der Waals surface area contributed by atoms with Gasteiger partial charge in [-0.25, -0.2) is 12.7 Å². The van der Waals surface area contributed by atoms with E-state index >= 15 is 0 Å². The second-order valence-electron chi connectivity index (χ2n) is 4.72. The number of sulfonamides is 1. The Hall–Kier alpha value is -1.93. The van der Waals surface area contributed by atoms with Crippen molar-refractivity contribution < 1.29 is 12.9 Å². The van der Waals surface area contributed by atoms with Crippen LogP contribution in [-0.4, -0.2) is 43.5 Å². The molecule has 0 aliphatic carbocycles. The monoisotopic (exact) mass is 310 g/mol. The first-order valence-corrected chi connectivity index (χ1v) is 7.89. The van der Waals surface area contributed by atoms with Crippen LogP contribution in [0, 0.1) is 6.92 Å². The van der Waals surface area contributed by atoms with Gasteiger partial charge in [-0.05, 0) is 31.2 Å².